The summed E-state index contributed by atoms with van der Waals surface area (Å²) in [7, 11) is 4.26. The molecule has 4 nitrogen and oxygen atoms in total. The molecule has 0 bridgehead atoms. The molecule has 0 saturated heterocycles. The first kappa shape index (κ1) is 11.7. The first-order valence-electron chi connectivity index (χ1n) is 6.50. The van der Waals surface area contributed by atoms with Crippen molar-refractivity contribution in [3.63, 3.8) is 0 Å². The summed E-state index contributed by atoms with van der Waals surface area (Å²) >= 11 is 0. The van der Waals surface area contributed by atoms with Gasteiger partial charge in [0.2, 0.25) is 0 Å². The number of nitrogens with zero attached hydrogens (tertiary/aromatic N) is 1. The quantitative estimate of drug-likeness (QED) is 0.825. The van der Waals surface area contributed by atoms with Crippen molar-refractivity contribution in [2.45, 2.75) is 13.0 Å². The minimum absolute atomic E-state index is 0.428. The molecule has 18 heavy (non-hydrogen) atoms. The SMILES string of the molecule is CC1CNc2cc3c(cc2C1N(C)C)OCCO3. The van der Waals surface area contributed by atoms with Gasteiger partial charge in [-0.15, -0.1) is 0 Å². The van der Waals surface area contributed by atoms with Crippen LogP contribution in [-0.2, 0) is 0 Å². The Morgan fingerprint density at radius 2 is 1.83 bits per heavy atom. The van der Waals surface area contributed by atoms with Gasteiger partial charge < -0.3 is 19.7 Å². The molecular formula is C14H20N2O2. The van der Waals surface area contributed by atoms with E-state index in [9.17, 15) is 0 Å². The van der Waals surface area contributed by atoms with Gasteiger partial charge in [-0.3, -0.25) is 0 Å². The van der Waals surface area contributed by atoms with Gasteiger partial charge in [-0.05, 0) is 31.6 Å². The molecule has 0 aromatic heterocycles. The van der Waals surface area contributed by atoms with Gasteiger partial charge in [0.25, 0.3) is 0 Å². The Hall–Kier alpha value is -1.42. The summed E-state index contributed by atoms with van der Waals surface area (Å²) in [5.74, 6) is 2.32. The lowest BCUT2D eigenvalue weighted by Gasteiger charge is -2.37. The number of hydrogen-bond donors (Lipinski definition) is 1. The first-order chi connectivity index (χ1) is 8.66. The average Bonchev–Trinajstić information content (AvgIpc) is 2.36. The Labute approximate surface area is 108 Å². The van der Waals surface area contributed by atoms with Crippen LogP contribution in [0.5, 0.6) is 11.5 Å². The molecule has 1 N–H and O–H groups in total. The van der Waals surface area contributed by atoms with Crippen LogP contribution in [0, 0.1) is 5.92 Å². The molecule has 1 aromatic rings. The van der Waals surface area contributed by atoms with Gasteiger partial charge in [0.05, 0.1) is 0 Å². The fourth-order valence-electron chi connectivity index (χ4n) is 2.98. The van der Waals surface area contributed by atoms with E-state index in [4.69, 9.17) is 9.47 Å². The molecule has 2 heterocycles. The molecule has 0 spiro atoms. The molecule has 1 aromatic carbocycles. The lowest BCUT2D eigenvalue weighted by atomic mass is 9.88. The highest BCUT2D eigenvalue weighted by molar-refractivity contribution is 5.63. The van der Waals surface area contributed by atoms with E-state index < -0.39 is 0 Å². The summed E-state index contributed by atoms with van der Waals surface area (Å²) in [6, 6.07) is 4.64. The second kappa shape index (κ2) is 4.35. The Morgan fingerprint density at radius 1 is 1.17 bits per heavy atom. The number of anilines is 1. The molecule has 0 fully saturated rings. The highest BCUT2D eigenvalue weighted by atomic mass is 16.6. The second-order valence-electron chi connectivity index (χ2n) is 5.35. The standard InChI is InChI=1S/C14H20N2O2/c1-9-8-15-11-7-13-12(17-4-5-18-13)6-10(11)14(9)16(2)3/h6-7,9,14-15H,4-5,8H2,1-3H3. The molecule has 0 aliphatic carbocycles. The van der Waals surface area contributed by atoms with E-state index in [2.05, 4.69) is 43.4 Å². The Bertz CT molecular complexity index is 459. The zero-order chi connectivity index (χ0) is 12.7. The van der Waals surface area contributed by atoms with Crippen LogP contribution in [0.4, 0.5) is 5.69 Å². The smallest absolute Gasteiger partial charge is 0.163 e. The van der Waals surface area contributed by atoms with E-state index in [-0.39, 0.29) is 0 Å². The van der Waals surface area contributed by atoms with E-state index >= 15 is 0 Å². The van der Waals surface area contributed by atoms with Gasteiger partial charge in [-0.2, -0.15) is 0 Å². The number of fused-ring (bicyclic) bond motifs is 2. The van der Waals surface area contributed by atoms with Crippen LogP contribution < -0.4 is 14.8 Å². The molecule has 2 aliphatic heterocycles. The number of ether oxygens (including phenoxy) is 2. The van der Waals surface area contributed by atoms with Crippen molar-refractivity contribution in [2.24, 2.45) is 5.92 Å². The zero-order valence-electron chi connectivity index (χ0n) is 11.2. The van der Waals surface area contributed by atoms with Crippen LogP contribution in [0.3, 0.4) is 0 Å². The molecule has 0 radical (unpaired) electrons. The van der Waals surface area contributed by atoms with Crippen LogP contribution in [0.2, 0.25) is 0 Å². The van der Waals surface area contributed by atoms with Crippen LogP contribution in [0.1, 0.15) is 18.5 Å². The van der Waals surface area contributed by atoms with Gasteiger partial charge in [0.15, 0.2) is 11.5 Å². The number of benzene rings is 1. The van der Waals surface area contributed by atoms with Gasteiger partial charge in [0, 0.05) is 24.3 Å². The van der Waals surface area contributed by atoms with Crippen molar-refractivity contribution >= 4 is 5.69 Å². The third-order valence-electron chi connectivity index (χ3n) is 3.74. The van der Waals surface area contributed by atoms with E-state index in [0.29, 0.717) is 25.2 Å². The minimum atomic E-state index is 0.428. The van der Waals surface area contributed by atoms with Crippen LogP contribution in [0.25, 0.3) is 0 Å². The van der Waals surface area contributed by atoms with Gasteiger partial charge in [-0.25, -0.2) is 0 Å². The first-order valence-corrected chi connectivity index (χ1v) is 6.50. The predicted molar refractivity (Wildman–Crippen MR) is 71.5 cm³/mol. The summed E-state index contributed by atoms with van der Waals surface area (Å²) in [6.07, 6.45) is 0. The summed E-state index contributed by atoms with van der Waals surface area (Å²) in [5.41, 5.74) is 2.49. The predicted octanol–water partition coefficient (Wildman–Crippen LogP) is 2.12. The summed E-state index contributed by atoms with van der Waals surface area (Å²) < 4.78 is 11.3. The highest BCUT2D eigenvalue weighted by Gasteiger charge is 2.30. The minimum Gasteiger partial charge on any atom is -0.486 e. The van der Waals surface area contributed by atoms with E-state index in [1.807, 2.05) is 0 Å². The molecule has 98 valence electrons. The molecule has 0 amide bonds. The number of rotatable bonds is 1. The van der Waals surface area contributed by atoms with Crippen molar-refractivity contribution in [2.75, 3.05) is 39.2 Å². The monoisotopic (exact) mass is 248 g/mol. The summed E-state index contributed by atoms with van der Waals surface area (Å²) in [6.45, 7) is 4.55. The molecule has 4 heteroatoms. The fraction of sp³-hybridized carbons (Fsp3) is 0.571. The Balaban J connectivity index is 2.06. The van der Waals surface area contributed by atoms with Crippen molar-refractivity contribution in [3.05, 3.63) is 17.7 Å². The van der Waals surface area contributed by atoms with E-state index in [0.717, 1.165) is 18.0 Å². The summed E-state index contributed by atoms with van der Waals surface area (Å²) in [5, 5.41) is 3.49. The molecular weight excluding hydrogens is 228 g/mol. The van der Waals surface area contributed by atoms with Crippen molar-refractivity contribution in [1.82, 2.24) is 4.90 Å². The number of hydrogen-bond acceptors (Lipinski definition) is 4. The lowest BCUT2D eigenvalue weighted by Crippen LogP contribution is -2.34. The van der Waals surface area contributed by atoms with Gasteiger partial charge in [0.1, 0.15) is 13.2 Å². The maximum absolute atomic E-state index is 5.68. The average molecular weight is 248 g/mol. The summed E-state index contributed by atoms with van der Waals surface area (Å²) in [4.78, 5) is 2.28. The molecule has 3 rings (SSSR count). The fourth-order valence-corrected chi connectivity index (χ4v) is 2.98. The highest BCUT2D eigenvalue weighted by Crippen LogP contribution is 2.43. The van der Waals surface area contributed by atoms with Crippen LogP contribution in [-0.4, -0.2) is 38.8 Å². The van der Waals surface area contributed by atoms with E-state index in [1.54, 1.807) is 0 Å². The van der Waals surface area contributed by atoms with Crippen molar-refractivity contribution in [3.8, 4) is 11.5 Å². The molecule has 0 saturated carbocycles. The maximum Gasteiger partial charge on any atom is 0.163 e. The topological polar surface area (TPSA) is 33.7 Å². The Morgan fingerprint density at radius 3 is 2.50 bits per heavy atom. The van der Waals surface area contributed by atoms with Crippen LogP contribution >= 0.6 is 0 Å². The molecule has 2 unspecified atom stereocenters. The Kier molecular flexibility index (Phi) is 2.82. The third kappa shape index (κ3) is 1.81. The van der Waals surface area contributed by atoms with E-state index in [1.165, 1.54) is 11.3 Å². The van der Waals surface area contributed by atoms with Crippen LogP contribution in [0.15, 0.2) is 12.1 Å². The lowest BCUT2D eigenvalue weighted by molar-refractivity contribution is 0.169. The van der Waals surface area contributed by atoms with Crippen molar-refractivity contribution in [1.29, 1.82) is 0 Å². The second-order valence-corrected chi connectivity index (χ2v) is 5.35. The molecule has 2 aliphatic rings. The normalized spacial score (nSPS) is 25.6. The van der Waals surface area contributed by atoms with Crippen molar-refractivity contribution < 1.29 is 9.47 Å². The molecule has 2 atom stereocenters. The van der Waals surface area contributed by atoms with Gasteiger partial charge >= 0.3 is 0 Å². The zero-order valence-corrected chi connectivity index (χ0v) is 11.2. The maximum atomic E-state index is 5.68. The van der Waals surface area contributed by atoms with Gasteiger partial charge in [-0.1, -0.05) is 6.92 Å². The number of nitrogens with one attached hydrogen (secondary N) is 1. The third-order valence-corrected chi connectivity index (χ3v) is 3.74. The largest absolute Gasteiger partial charge is 0.486 e.